The zero-order valence-corrected chi connectivity index (χ0v) is 11.3. The quantitative estimate of drug-likeness (QED) is 0.840. The van der Waals surface area contributed by atoms with Crippen LogP contribution in [-0.2, 0) is 9.84 Å². The van der Waals surface area contributed by atoms with Crippen LogP contribution in [0.25, 0.3) is 0 Å². The average molecular weight is 256 g/mol. The lowest BCUT2D eigenvalue weighted by Crippen LogP contribution is -2.35. The van der Waals surface area contributed by atoms with Crippen molar-refractivity contribution in [2.24, 2.45) is 5.73 Å². The van der Waals surface area contributed by atoms with Gasteiger partial charge in [0.05, 0.1) is 16.3 Å². The van der Waals surface area contributed by atoms with Gasteiger partial charge in [0.2, 0.25) is 0 Å². The number of hydrogen-bond acceptors (Lipinski definition) is 4. The molecular formula is C12H20N2O2S. The van der Waals surface area contributed by atoms with Crippen LogP contribution in [0, 0.1) is 0 Å². The first kappa shape index (κ1) is 14.0. The third-order valence-electron chi connectivity index (χ3n) is 2.77. The minimum Gasteiger partial charge on any atom is -0.380 e. The van der Waals surface area contributed by atoms with Gasteiger partial charge in [-0.3, -0.25) is 0 Å². The molecule has 5 heteroatoms. The van der Waals surface area contributed by atoms with Crippen molar-refractivity contribution < 1.29 is 8.42 Å². The van der Waals surface area contributed by atoms with Crippen molar-refractivity contribution in [3.05, 3.63) is 24.3 Å². The summed E-state index contributed by atoms with van der Waals surface area (Å²) in [7, 11) is -3.20. The van der Waals surface area contributed by atoms with E-state index in [2.05, 4.69) is 5.32 Å². The first-order chi connectivity index (χ1) is 7.88. The molecule has 96 valence electrons. The standard InChI is InChI=1S/C12H20N2O2S/c1-4-17(15,16)12-8-6-5-7-11(12)14-10(3)9(2)13/h5-10,14H,4,13H2,1-3H3. The molecule has 0 saturated carbocycles. The van der Waals surface area contributed by atoms with Gasteiger partial charge < -0.3 is 11.1 Å². The molecular weight excluding hydrogens is 236 g/mol. The molecule has 0 aromatic heterocycles. The summed E-state index contributed by atoms with van der Waals surface area (Å²) in [5, 5.41) is 3.15. The molecule has 1 rings (SSSR count). The van der Waals surface area contributed by atoms with Gasteiger partial charge in [0.15, 0.2) is 9.84 Å². The van der Waals surface area contributed by atoms with Gasteiger partial charge in [-0.25, -0.2) is 8.42 Å². The van der Waals surface area contributed by atoms with Gasteiger partial charge in [-0.2, -0.15) is 0 Å². The van der Waals surface area contributed by atoms with Crippen molar-refractivity contribution >= 4 is 15.5 Å². The number of nitrogens with two attached hydrogens (primary N) is 1. The molecule has 0 amide bonds. The van der Waals surface area contributed by atoms with Crippen LogP contribution in [0.3, 0.4) is 0 Å². The van der Waals surface area contributed by atoms with Crippen LogP contribution in [0.4, 0.5) is 5.69 Å². The maximum Gasteiger partial charge on any atom is 0.180 e. The van der Waals surface area contributed by atoms with E-state index in [1.807, 2.05) is 19.9 Å². The topological polar surface area (TPSA) is 72.2 Å². The predicted molar refractivity (Wildman–Crippen MR) is 70.9 cm³/mol. The van der Waals surface area contributed by atoms with Crippen LogP contribution >= 0.6 is 0 Å². The highest BCUT2D eigenvalue weighted by Gasteiger charge is 2.17. The molecule has 2 unspecified atom stereocenters. The Kier molecular flexibility index (Phi) is 4.54. The zero-order valence-electron chi connectivity index (χ0n) is 10.5. The van der Waals surface area contributed by atoms with Gasteiger partial charge in [-0.05, 0) is 26.0 Å². The first-order valence-corrected chi connectivity index (χ1v) is 7.37. The number of nitrogens with one attached hydrogen (secondary N) is 1. The van der Waals surface area contributed by atoms with Crippen molar-refractivity contribution in [3.63, 3.8) is 0 Å². The van der Waals surface area contributed by atoms with Crippen LogP contribution in [0.1, 0.15) is 20.8 Å². The van der Waals surface area contributed by atoms with Crippen LogP contribution in [-0.4, -0.2) is 26.3 Å². The number of anilines is 1. The summed E-state index contributed by atoms with van der Waals surface area (Å²) in [6.45, 7) is 5.45. The number of rotatable bonds is 5. The van der Waals surface area contributed by atoms with E-state index >= 15 is 0 Å². The Labute approximate surface area is 103 Å². The van der Waals surface area contributed by atoms with Gasteiger partial charge in [-0.15, -0.1) is 0 Å². The molecule has 2 atom stereocenters. The number of hydrogen-bond donors (Lipinski definition) is 2. The van der Waals surface area contributed by atoms with Crippen molar-refractivity contribution in [1.29, 1.82) is 0 Å². The summed E-state index contributed by atoms with van der Waals surface area (Å²) < 4.78 is 23.8. The molecule has 0 fully saturated rings. The molecule has 1 aromatic carbocycles. The van der Waals surface area contributed by atoms with Gasteiger partial charge in [0.25, 0.3) is 0 Å². The van der Waals surface area contributed by atoms with Crippen molar-refractivity contribution in [3.8, 4) is 0 Å². The lowest BCUT2D eigenvalue weighted by atomic mass is 10.2. The van der Waals surface area contributed by atoms with Gasteiger partial charge in [0.1, 0.15) is 0 Å². The highest BCUT2D eigenvalue weighted by Crippen LogP contribution is 2.22. The summed E-state index contributed by atoms with van der Waals surface area (Å²) in [6, 6.07) is 6.89. The lowest BCUT2D eigenvalue weighted by molar-refractivity contribution is 0.596. The number of sulfone groups is 1. The van der Waals surface area contributed by atoms with E-state index in [1.54, 1.807) is 25.1 Å². The summed E-state index contributed by atoms with van der Waals surface area (Å²) in [5.74, 6) is 0.0955. The van der Waals surface area contributed by atoms with E-state index in [-0.39, 0.29) is 17.8 Å². The molecule has 4 nitrogen and oxygen atoms in total. The zero-order chi connectivity index (χ0) is 13.1. The monoisotopic (exact) mass is 256 g/mol. The summed E-state index contributed by atoms with van der Waals surface area (Å²) in [5.41, 5.74) is 6.39. The first-order valence-electron chi connectivity index (χ1n) is 5.72. The minimum atomic E-state index is -3.20. The Morgan fingerprint density at radius 2 is 1.88 bits per heavy atom. The number of para-hydroxylation sites is 1. The van der Waals surface area contributed by atoms with Crippen molar-refractivity contribution in [1.82, 2.24) is 0 Å². The fourth-order valence-electron chi connectivity index (χ4n) is 1.39. The molecule has 0 saturated heterocycles. The summed E-state index contributed by atoms with van der Waals surface area (Å²) in [6.07, 6.45) is 0. The highest BCUT2D eigenvalue weighted by atomic mass is 32.2. The fourth-order valence-corrected chi connectivity index (χ4v) is 2.45. The maximum absolute atomic E-state index is 11.9. The Morgan fingerprint density at radius 3 is 2.41 bits per heavy atom. The lowest BCUT2D eigenvalue weighted by Gasteiger charge is -2.20. The van der Waals surface area contributed by atoms with Crippen LogP contribution in [0.15, 0.2) is 29.2 Å². The molecule has 0 spiro atoms. The molecule has 3 N–H and O–H groups in total. The van der Waals surface area contributed by atoms with E-state index in [4.69, 9.17) is 5.73 Å². The highest BCUT2D eigenvalue weighted by molar-refractivity contribution is 7.91. The average Bonchev–Trinajstić information content (AvgIpc) is 2.29. The van der Waals surface area contributed by atoms with E-state index in [1.165, 1.54) is 0 Å². The van der Waals surface area contributed by atoms with Crippen LogP contribution < -0.4 is 11.1 Å². The van der Waals surface area contributed by atoms with Crippen molar-refractivity contribution in [2.75, 3.05) is 11.1 Å². The van der Waals surface area contributed by atoms with Gasteiger partial charge in [0, 0.05) is 12.1 Å². The second kappa shape index (κ2) is 5.51. The second-order valence-corrected chi connectivity index (χ2v) is 6.44. The van der Waals surface area contributed by atoms with Crippen LogP contribution in [0.5, 0.6) is 0 Å². The molecule has 0 aliphatic rings. The van der Waals surface area contributed by atoms with Gasteiger partial charge in [-0.1, -0.05) is 19.1 Å². The van der Waals surface area contributed by atoms with E-state index in [0.29, 0.717) is 10.6 Å². The van der Waals surface area contributed by atoms with E-state index in [0.717, 1.165) is 0 Å². The fraction of sp³-hybridized carbons (Fsp3) is 0.500. The normalized spacial score (nSPS) is 15.3. The third kappa shape index (κ3) is 3.44. The maximum atomic E-state index is 11.9. The Hall–Kier alpha value is -1.07. The number of benzene rings is 1. The third-order valence-corrected chi connectivity index (χ3v) is 4.56. The molecule has 0 heterocycles. The van der Waals surface area contributed by atoms with E-state index < -0.39 is 9.84 Å². The van der Waals surface area contributed by atoms with Crippen molar-refractivity contribution in [2.45, 2.75) is 37.8 Å². The molecule has 0 bridgehead atoms. The molecule has 0 aliphatic heterocycles. The Bertz CT molecular complexity index is 469. The van der Waals surface area contributed by atoms with E-state index in [9.17, 15) is 8.42 Å². The SMILES string of the molecule is CCS(=O)(=O)c1ccccc1NC(C)C(C)N. The van der Waals surface area contributed by atoms with Gasteiger partial charge >= 0.3 is 0 Å². The molecule has 17 heavy (non-hydrogen) atoms. The summed E-state index contributed by atoms with van der Waals surface area (Å²) >= 11 is 0. The second-order valence-electron chi connectivity index (χ2n) is 4.19. The Balaban J connectivity index is 3.09. The molecule has 0 radical (unpaired) electrons. The predicted octanol–water partition coefficient (Wildman–Crippen LogP) is 1.63. The molecule has 1 aromatic rings. The largest absolute Gasteiger partial charge is 0.380 e. The minimum absolute atomic E-state index is 0.0169. The Morgan fingerprint density at radius 1 is 1.29 bits per heavy atom. The summed E-state index contributed by atoms with van der Waals surface area (Å²) in [4.78, 5) is 0.343. The smallest absolute Gasteiger partial charge is 0.180 e. The van der Waals surface area contributed by atoms with Crippen LogP contribution in [0.2, 0.25) is 0 Å². The molecule has 0 aliphatic carbocycles.